The molecule has 3 rings (SSSR count). The van der Waals surface area contributed by atoms with E-state index in [0.29, 0.717) is 31.9 Å². The number of sulfonamides is 1. The minimum Gasteiger partial charge on any atom is -0.352 e. The molecule has 0 saturated heterocycles. The number of benzene rings is 2. The third-order valence-electron chi connectivity index (χ3n) is 7.17. The number of carbonyl (C=O) groups is 2. The van der Waals surface area contributed by atoms with Gasteiger partial charge in [-0.2, -0.15) is 0 Å². The molecule has 39 heavy (non-hydrogen) atoms. The highest BCUT2D eigenvalue weighted by molar-refractivity contribution is 7.92. The number of carbonyl (C=O) groups excluding carboxylic acids is 2. The molecule has 0 unspecified atom stereocenters. The Morgan fingerprint density at radius 1 is 1.00 bits per heavy atom. The number of hydrogen-bond donors (Lipinski definition) is 1. The normalized spacial score (nSPS) is 15.0. The number of amides is 2. The molecule has 1 fully saturated rings. The van der Waals surface area contributed by atoms with Gasteiger partial charge < -0.3 is 10.2 Å². The maximum atomic E-state index is 13.6. The van der Waals surface area contributed by atoms with Gasteiger partial charge in [-0.1, -0.05) is 66.2 Å². The van der Waals surface area contributed by atoms with Crippen molar-refractivity contribution in [2.24, 2.45) is 0 Å². The first-order valence-electron chi connectivity index (χ1n) is 13.2. The van der Waals surface area contributed by atoms with Crippen LogP contribution in [0, 0.1) is 6.92 Å². The largest absolute Gasteiger partial charge is 0.352 e. The molecule has 0 spiro atoms. The van der Waals surface area contributed by atoms with E-state index in [4.69, 9.17) is 34.8 Å². The molecule has 0 radical (unpaired) electrons. The van der Waals surface area contributed by atoms with Crippen molar-refractivity contribution in [2.45, 2.75) is 77.4 Å². The van der Waals surface area contributed by atoms with Crippen molar-refractivity contribution in [3.8, 4) is 0 Å². The molecular weight excluding hydrogens is 581 g/mol. The Balaban J connectivity index is 1.78. The zero-order chi connectivity index (χ0) is 28.7. The van der Waals surface area contributed by atoms with E-state index in [9.17, 15) is 18.0 Å². The molecule has 2 aromatic carbocycles. The molecule has 2 amide bonds. The Hall–Kier alpha value is -2.00. The van der Waals surface area contributed by atoms with Crippen LogP contribution in [-0.4, -0.2) is 50.0 Å². The van der Waals surface area contributed by atoms with Crippen LogP contribution in [-0.2, 0) is 26.2 Å². The molecule has 7 nitrogen and oxygen atoms in total. The van der Waals surface area contributed by atoms with Gasteiger partial charge >= 0.3 is 0 Å². The molecule has 11 heteroatoms. The average molecular weight is 617 g/mol. The van der Waals surface area contributed by atoms with Gasteiger partial charge in [0, 0.05) is 46.2 Å². The van der Waals surface area contributed by atoms with Gasteiger partial charge in [0.15, 0.2) is 0 Å². The molecule has 2 aromatic rings. The summed E-state index contributed by atoms with van der Waals surface area (Å²) in [6.07, 6.45) is 6.53. The Kier molecular flexibility index (Phi) is 11.4. The number of halogens is 3. The number of nitrogens with one attached hydrogen (secondary N) is 1. The van der Waals surface area contributed by atoms with Crippen LogP contribution in [0.1, 0.15) is 63.0 Å². The molecule has 1 saturated carbocycles. The van der Waals surface area contributed by atoms with E-state index in [-0.39, 0.29) is 43.8 Å². The van der Waals surface area contributed by atoms with E-state index < -0.39 is 16.1 Å². The smallest absolute Gasteiger partial charge is 0.242 e. The van der Waals surface area contributed by atoms with Gasteiger partial charge in [-0.25, -0.2) is 8.42 Å². The molecule has 0 heterocycles. The van der Waals surface area contributed by atoms with E-state index in [1.54, 1.807) is 50.2 Å². The van der Waals surface area contributed by atoms with Gasteiger partial charge in [-0.05, 0) is 62.9 Å². The maximum absolute atomic E-state index is 13.6. The zero-order valence-corrected chi connectivity index (χ0v) is 25.6. The van der Waals surface area contributed by atoms with Crippen molar-refractivity contribution in [1.82, 2.24) is 10.2 Å². The lowest BCUT2D eigenvalue weighted by molar-refractivity contribution is -0.141. The topological polar surface area (TPSA) is 86.8 Å². The standard InChI is InChI=1S/C28H36Cl3N3O4S/c1-19-23(29)12-8-15-26(19)34(39(3,37)38)17-9-16-27(35)33(18-22-24(30)13-7-14-25(22)31)20(2)28(36)32-21-10-5-4-6-11-21/h7-8,12-15,20-21H,4-6,9-11,16-18H2,1-3H3,(H,32,36)/t20-/m0/s1. The van der Waals surface area contributed by atoms with Crippen LogP contribution in [0.25, 0.3) is 0 Å². The van der Waals surface area contributed by atoms with E-state index >= 15 is 0 Å². The summed E-state index contributed by atoms with van der Waals surface area (Å²) in [6, 6.07) is 9.50. The quantitative estimate of drug-likeness (QED) is 0.318. The van der Waals surface area contributed by atoms with Crippen LogP contribution in [0.15, 0.2) is 36.4 Å². The number of hydrogen-bond acceptors (Lipinski definition) is 4. The summed E-state index contributed by atoms with van der Waals surface area (Å²) < 4.78 is 26.5. The van der Waals surface area contributed by atoms with Crippen LogP contribution < -0.4 is 9.62 Å². The van der Waals surface area contributed by atoms with E-state index in [1.807, 2.05) is 0 Å². The second-order valence-electron chi connectivity index (χ2n) is 10.1. The van der Waals surface area contributed by atoms with Crippen molar-refractivity contribution in [3.05, 3.63) is 62.6 Å². The van der Waals surface area contributed by atoms with Crippen molar-refractivity contribution >= 4 is 62.3 Å². The van der Waals surface area contributed by atoms with Gasteiger partial charge in [0.25, 0.3) is 0 Å². The first-order valence-corrected chi connectivity index (χ1v) is 16.1. The molecule has 0 aliphatic heterocycles. The van der Waals surface area contributed by atoms with Crippen LogP contribution >= 0.6 is 34.8 Å². The van der Waals surface area contributed by atoms with E-state index in [1.165, 1.54) is 9.21 Å². The Morgan fingerprint density at radius 2 is 1.59 bits per heavy atom. The molecule has 214 valence electrons. The van der Waals surface area contributed by atoms with Crippen LogP contribution in [0.4, 0.5) is 5.69 Å². The lowest BCUT2D eigenvalue weighted by Gasteiger charge is -2.32. The summed E-state index contributed by atoms with van der Waals surface area (Å²) in [5, 5.41) is 4.36. The van der Waals surface area contributed by atoms with Gasteiger partial charge in [-0.15, -0.1) is 0 Å². The molecule has 1 aliphatic rings. The molecule has 1 aliphatic carbocycles. The fraction of sp³-hybridized carbons (Fsp3) is 0.500. The second kappa shape index (κ2) is 14.1. The summed E-state index contributed by atoms with van der Waals surface area (Å²) in [7, 11) is -3.63. The Labute approximate surface area is 246 Å². The van der Waals surface area contributed by atoms with Crippen LogP contribution in [0.5, 0.6) is 0 Å². The Bertz CT molecular complexity index is 1260. The monoisotopic (exact) mass is 615 g/mol. The Morgan fingerprint density at radius 3 is 2.21 bits per heavy atom. The molecular formula is C28H36Cl3N3O4S. The van der Waals surface area contributed by atoms with Gasteiger partial charge in [0.2, 0.25) is 21.8 Å². The summed E-state index contributed by atoms with van der Waals surface area (Å²) in [5.41, 5.74) is 1.66. The van der Waals surface area contributed by atoms with Crippen molar-refractivity contribution in [3.63, 3.8) is 0 Å². The fourth-order valence-corrected chi connectivity index (χ4v) is 6.56. The first-order chi connectivity index (χ1) is 18.4. The van der Waals surface area contributed by atoms with Crippen molar-refractivity contribution in [2.75, 3.05) is 17.1 Å². The van der Waals surface area contributed by atoms with E-state index in [2.05, 4.69) is 5.32 Å². The third kappa shape index (κ3) is 8.49. The average Bonchev–Trinajstić information content (AvgIpc) is 2.88. The lowest BCUT2D eigenvalue weighted by atomic mass is 9.95. The summed E-state index contributed by atoms with van der Waals surface area (Å²) >= 11 is 19.0. The minimum atomic E-state index is -3.63. The lowest BCUT2D eigenvalue weighted by Crippen LogP contribution is -2.50. The van der Waals surface area contributed by atoms with Gasteiger partial charge in [0.05, 0.1) is 11.9 Å². The molecule has 0 aromatic heterocycles. The summed E-state index contributed by atoms with van der Waals surface area (Å²) in [4.78, 5) is 28.3. The number of anilines is 1. The van der Waals surface area contributed by atoms with E-state index in [0.717, 1.165) is 38.4 Å². The van der Waals surface area contributed by atoms with Gasteiger partial charge in [-0.3, -0.25) is 13.9 Å². The minimum absolute atomic E-state index is 0.0226. The molecule has 1 N–H and O–H groups in total. The number of rotatable bonds is 11. The van der Waals surface area contributed by atoms with Crippen molar-refractivity contribution < 1.29 is 18.0 Å². The first kappa shape index (κ1) is 31.5. The number of nitrogens with zero attached hydrogens (tertiary/aromatic N) is 2. The maximum Gasteiger partial charge on any atom is 0.242 e. The highest BCUT2D eigenvalue weighted by Crippen LogP contribution is 2.30. The van der Waals surface area contributed by atoms with Gasteiger partial charge in [0.1, 0.15) is 6.04 Å². The summed E-state index contributed by atoms with van der Waals surface area (Å²) in [5.74, 6) is -0.528. The highest BCUT2D eigenvalue weighted by atomic mass is 35.5. The molecule has 0 bridgehead atoms. The van der Waals surface area contributed by atoms with Crippen molar-refractivity contribution in [1.29, 1.82) is 0 Å². The van der Waals surface area contributed by atoms with Crippen LogP contribution in [0.2, 0.25) is 15.1 Å². The highest BCUT2D eigenvalue weighted by Gasteiger charge is 2.29. The molecule has 1 atom stereocenters. The third-order valence-corrected chi connectivity index (χ3v) is 9.47. The van der Waals surface area contributed by atoms with Crippen LogP contribution in [0.3, 0.4) is 0 Å². The predicted octanol–water partition coefficient (Wildman–Crippen LogP) is 6.37. The second-order valence-corrected chi connectivity index (χ2v) is 13.2. The fourth-order valence-electron chi connectivity index (χ4n) is 4.85. The predicted molar refractivity (Wildman–Crippen MR) is 159 cm³/mol. The SMILES string of the molecule is Cc1c(Cl)cccc1N(CCCC(=O)N(Cc1c(Cl)cccc1Cl)[C@@H](C)C(=O)NC1CCCCC1)S(C)(=O)=O. The summed E-state index contributed by atoms with van der Waals surface area (Å²) in [6.45, 7) is 3.58. The zero-order valence-electron chi connectivity index (χ0n) is 22.6.